The van der Waals surface area contributed by atoms with Gasteiger partial charge in [0, 0.05) is 20.1 Å². The van der Waals surface area contributed by atoms with Crippen LogP contribution in [0.4, 0.5) is 5.95 Å². The molecule has 3 heterocycles. The third kappa shape index (κ3) is 1.28. The van der Waals surface area contributed by atoms with E-state index in [-0.39, 0.29) is 5.56 Å². The number of anilines is 1. The number of nitrogens with zero attached hydrogens (tertiary/aromatic N) is 4. The third-order valence-electron chi connectivity index (χ3n) is 2.66. The van der Waals surface area contributed by atoms with Crippen molar-refractivity contribution in [3.63, 3.8) is 0 Å². The van der Waals surface area contributed by atoms with Crippen molar-refractivity contribution in [2.24, 2.45) is 0 Å². The van der Waals surface area contributed by atoms with Gasteiger partial charge in [0.25, 0.3) is 5.56 Å². The SMILES string of the molecule is CSc1nc2c(=O)n3c(nc2s1)N(C)CC3. The van der Waals surface area contributed by atoms with Crippen LogP contribution >= 0.6 is 23.1 Å². The lowest BCUT2D eigenvalue weighted by molar-refractivity contribution is 0.763. The lowest BCUT2D eigenvalue weighted by Crippen LogP contribution is -2.20. The predicted molar refractivity (Wildman–Crippen MR) is 66.7 cm³/mol. The Balaban J connectivity index is 2.36. The van der Waals surface area contributed by atoms with Crippen molar-refractivity contribution < 1.29 is 0 Å². The average molecular weight is 254 g/mol. The molecular formula is C9H10N4OS2. The molecule has 2 aromatic rings. The molecule has 0 bridgehead atoms. The van der Waals surface area contributed by atoms with Crippen molar-refractivity contribution in [1.29, 1.82) is 0 Å². The topological polar surface area (TPSA) is 51.0 Å². The van der Waals surface area contributed by atoms with Crippen LogP contribution in [0, 0.1) is 0 Å². The molecule has 7 heteroatoms. The third-order valence-corrected chi connectivity index (χ3v) is 4.59. The number of thiazole rings is 1. The predicted octanol–water partition coefficient (Wildman–Crippen LogP) is 1.02. The zero-order valence-corrected chi connectivity index (χ0v) is 10.6. The number of likely N-dealkylation sites (N-methyl/N-ethyl adjacent to an activating group) is 1. The first-order valence-corrected chi connectivity index (χ1v) is 6.91. The normalized spacial score (nSPS) is 14.8. The Morgan fingerprint density at radius 3 is 2.94 bits per heavy atom. The lowest BCUT2D eigenvalue weighted by Gasteiger charge is -2.08. The maximum absolute atomic E-state index is 12.1. The van der Waals surface area contributed by atoms with Gasteiger partial charge in [-0.25, -0.2) is 9.97 Å². The summed E-state index contributed by atoms with van der Waals surface area (Å²) in [6.45, 7) is 1.55. The van der Waals surface area contributed by atoms with Gasteiger partial charge in [-0.15, -0.1) is 0 Å². The van der Waals surface area contributed by atoms with E-state index in [4.69, 9.17) is 0 Å². The van der Waals surface area contributed by atoms with Gasteiger partial charge in [0.05, 0.1) is 0 Å². The summed E-state index contributed by atoms with van der Waals surface area (Å²) in [4.78, 5) is 23.7. The smallest absolute Gasteiger partial charge is 0.282 e. The minimum absolute atomic E-state index is 0.0131. The van der Waals surface area contributed by atoms with E-state index in [1.54, 1.807) is 16.3 Å². The molecule has 0 unspecified atom stereocenters. The number of rotatable bonds is 1. The molecule has 16 heavy (non-hydrogen) atoms. The molecule has 0 aromatic carbocycles. The van der Waals surface area contributed by atoms with E-state index in [0.29, 0.717) is 12.1 Å². The van der Waals surface area contributed by atoms with Crippen molar-refractivity contribution in [3.05, 3.63) is 10.4 Å². The van der Waals surface area contributed by atoms with Crippen LogP contribution in [0.15, 0.2) is 9.13 Å². The highest BCUT2D eigenvalue weighted by Crippen LogP contribution is 2.27. The Bertz CT molecular complexity index is 618. The summed E-state index contributed by atoms with van der Waals surface area (Å²) in [6, 6.07) is 0. The Kier molecular flexibility index (Phi) is 2.18. The summed E-state index contributed by atoms with van der Waals surface area (Å²) in [5.41, 5.74) is 0.495. The largest absolute Gasteiger partial charge is 0.343 e. The van der Waals surface area contributed by atoms with E-state index in [9.17, 15) is 4.79 Å². The molecule has 2 aromatic heterocycles. The fourth-order valence-corrected chi connectivity index (χ4v) is 3.22. The molecule has 0 saturated heterocycles. The lowest BCUT2D eigenvalue weighted by atomic mass is 10.5. The summed E-state index contributed by atoms with van der Waals surface area (Å²) < 4.78 is 2.60. The molecule has 1 aliphatic heterocycles. The van der Waals surface area contributed by atoms with Crippen LogP contribution in [0.5, 0.6) is 0 Å². The Morgan fingerprint density at radius 2 is 2.19 bits per heavy atom. The van der Waals surface area contributed by atoms with Gasteiger partial charge >= 0.3 is 0 Å². The Hall–Kier alpha value is -1.08. The second-order valence-electron chi connectivity index (χ2n) is 3.63. The second-order valence-corrected chi connectivity index (χ2v) is 5.66. The van der Waals surface area contributed by atoms with Crippen molar-refractivity contribution in [3.8, 4) is 0 Å². The molecule has 5 nitrogen and oxygen atoms in total. The van der Waals surface area contributed by atoms with Gasteiger partial charge in [-0.2, -0.15) is 0 Å². The van der Waals surface area contributed by atoms with Gasteiger partial charge in [0.15, 0.2) is 14.7 Å². The molecule has 0 aliphatic carbocycles. The Labute approximate surface area is 100 Å². The number of fused-ring (bicyclic) bond motifs is 2. The minimum Gasteiger partial charge on any atom is -0.343 e. The average Bonchev–Trinajstić information content (AvgIpc) is 2.84. The van der Waals surface area contributed by atoms with Gasteiger partial charge in [0.2, 0.25) is 5.95 Å². The maximum Gasteiger partial charge on any atom is 0.282 e. The molecule has 0 spiro atoms. The Morgan fingerprint density at radius 1 is 1.38 bits per heavy atom. The molecule has 0 amide bonds. The highest BCUT2D eigenvalue weighted by molar-refractivity contribution is 8.00. The number of hydrogen-bond acceptors (Lipinski definition) is 6. The van der Waals surface area contributed by atoms with Crippen molar-refractivity contribution in [2.45, 2.75) is 10.9 Å². The maximum atomic E-state index is 12.1. The summed E-state index contributed by atoms with van der Waals surface area (Å²) in [6.07, 6.45) is 1.95. The molecule has 3 rings (SSSR count). The monoisotopic (exact) mass is 254 g/mol. The van der Waals surface area contributed by atoms with E-state index < -0.39 is 0 Å². The fraction of sp³-hybridized carbons (Fsp3) is 0.444. The summed E-state index contributed by atoms with van der Waals surface area (Å²) >= 11 is 3.03. The molecule has 0 fully saturated rings. The molecule has 0 N–H and O–H groups in total. The van der Waals surface area contributed by atoms with Crippen LogP contribution in [-0.2, 0) is 6.54 Å². The molecule has 0 atom stereocenters. The van der Waals surface area contributed by atoms with Gasteiger partial charge in [-0.05, 0) is 6.26 Å². The molecule has 84 valence electrons. The minimum atomic E-state index is -0.0131. The van der Waals surface area contributed by atoms with Crippen molar-refractivity contribution in [2.75, 3.05) is 24.7 Å². The zero-order chi connectivity index (χ0) is 11.3. The standard InChI is InChI=1S/C9H10N4OS2/c1-12-3-4-13-7(14)5-6(11-8(12)13)16-9(10-5)15-2/h3-4H2,1-2H3. The molecule has 0 radical (unpaired) electrons. The first-order valence-electron chi connectivity index (χ1n) is 4.87. The summed E-state index contributed by atoms with van der Waals surface area (Å²) in [5, 5.41) is 0. The molecule has 0 saturated carbocycles. The molecular weight excluding hydrogens is 244 g/mol. The number of aromatic nitrogens is 3. The number of hydrogen-bond donors (Lipinski definition) is 0. The zero-order valence-electron chi connectivity index (χ0n) is 8.93. The van der Waals surface area contributed by atoms with Crippen molar-refractivity contribution in [1.82, 2.24) is 14.5 Å². The van der Waals surface area contributed by atoms with E-state index in [2.05, 4.69) is 9.97 Å². The number of thioether (sulfide) groups is 1. The van der Waals surface area contributed by atoms with Crippen LogP contribution in [0.3, 0.4) is 0 Å². The molecule has 1 aliphatic rings. The van der Waals surface area contributed by atoms with Crippen LogP contribution in [0.1, 0.15) is 0 Å². The summed E-state index contributed by atoms with van der Waals surface area (Å²) in [7, 11) is 1.95. The second kappa shape index (κ2) is 3.46. The van der Waals surface area contributed by atoms with Gasteiger partial charge < -0.3 is 4.90 Å². The quantitative estimate of drug-likeness (QED) is 0.711. The highest BCUT2D eigenvalue weighted by atomic mass is 32.2. The van der Waals surface area contributed by atoms with Gasteiger partial charge in [-0.1, -0.05) is 23.1 Å². The van der Waals surface area contributed by atoms with Gasteiger partial charge in [-0.3, -0.25) is 9.36 Å². The van der Waals surface area contributed by atoms with Crippen LogP contribution in [0.2, 0.25) is 0 Å². The van der Waals surface area contributed by atoms with Crippen LogP contribution < -0.4 is 10.5 Å². The first kappa shape index (κ1) is 10.1. The summed E-state index contributed by atoms with van der Waals surface area (Å²) in [5.74, 6) is 0.758. The van der Waals surface area contributed by atoms with Gasteiger partial charge in [0.1, 0.15) is 0 Å². The van der Waals surface area contributed by atoms with E-state index in [1.165, 1.54) is 11.3 Å². The van der Waals surface area contributed by atoms with E-state index in [0.717, 1.165) is 21.7 Å². The van der Waals surface area contributed by atoms with Crippen LogP contribution in [0.25, 0.3) is 10.3 Å². The van der Waals surface area contributed by atoms with Crippen LogP contribution in [-0.4, -0.2) is 34.4 Å². The highest BCUT2D eigenvalue weighted by Gasteiger charge is 2.22. The van der Waals surface area contributed by atoms with E-state index >= 15 is 0 Å². The van der Waals surface area contributed by atoms with E-state index in [1.807, 2.05) is 18.2 Å². The van der Waals surface area contributed by atoms with Crippen molar-refractivity contribution >= 4 is 39.4 Å². The fourth-order valence-electron chi connectivity index (χ4n) is 1.81. The first-order chi connectivity index (χ1) is 7.70.